The quantitative estimate of drug-likeness (QED) is 0.881. The molecule has 1 unspecified atom stereocenters. The number of phenols is 1. The van der Waals surface area contributed by atoms with Crippen LogP contribution >= 0.6 is 12.4 Å². The summed E-state index contributed by atoms with van der Waals surface area (Å²) >= 11 is 0. The van der Waals surface area contributed by atoms with Crippen LogP contribution in [0.3, 0.4) is 0 Å². The van der Waals surface area contributed by atoms with Crippen LogP contribution in [0.2, 0.25) is 0 Å². The van der Waals surface area contributed by atoms with E-state index in [0.717, 1.165) is 22.8 Å². The van der Waals surface area contributed by atoms with Gasteiger partial charge in [0.25, 0.3) is 0 Å². The Balaban J connectivity index is 0.00000162. The Morgan fingerprint density at radius 1 is 1.11 bits per heavy atom. The zero-order valence-electron chi connectivity index (χ0n) is 10.8. The molecule has 98 valence electrons. The summed E-state index contributed by atoms with van der Waals surface area (Å²) in [6.07, 6.45) is 1.08. The fraction of sp³-hybridized carbons (Fsp3) is 0.333. The average molecular weight is 266 g/mol. The highest BCUT2D eigenvalue weighted by Gasteiger charge is 2.13. The zero-order valence-corrected chi connectivity index (χ0v) is 11.6. The molecule has 2 aromatic carbocycles. The summed E-state index contributed by atoms with van der Waals surface area (Å²) in [6.45, 7) is 4.33. The molecule has 0 bridgehead atoms. The Morgan fingerprint density at radius 2 is 1.72 bits per heavy atom. The van der Waals surface area contributed by atoms with Gasteiger partial charge in [-0.3, -0.25) is 0 Å². The van der Waals surface area contributed by atoms with Crippen LogP contribution in [-0.4, -0.2) is 5.11 Å². The fourth-order valence-electron chi connectivity index (χ4n) is 2.04. The maximum Gasteiger partial charge on any atom is 0.116 e. The standard InChI is InChI=1S/C15H19NO.ClH/c1-3-10(2)15(16)13-5-4-12-9-14(17)7-6-11(12)8-13;/h4-10,15,17H,3,16H2,1-2H3;1H/t10?,15-;/m1./s1. The number of rotatable bonds is 3. The highest BCUT2D eigenvalue weighted by molar-refractivity contribution is 5.85. The molecule has 18 heavy (non-hydrogen) atoms. The third-order valence-electron chi connectivity index (χ3n) is 3.49. The van der Waals surface area contributed by atoms with E-state index in [9.17, 15) is 5.11 Å². The van der Waals surface area contributed by atoms with Crippen molar-refractivity contribution in [1.82, 2.24) is 0 Å². The van der Waals surface area contributed by atoms with Crippen molar-refractivity contribution in [2.45, 2.75) is 26.3 Å². The predicted molar refractivity (Wildman–Crippen MR) is 79.2 cm³/mol. The molecule has 0 aliphatic rings. The van der Waals surface area contributed by atoms with Gasteiger partial charge >= 0.3 is 0 Å². The molecule has 0 saturated heterocycles. The first kappa shape index (κ1) is 14.8. The number of nitrogens with two attached hydrogens (primary N) is 1. The first-order valence-electron chi connectivity index (χ1n) is 6.10. The van der Waals surface area contributed by atoms with Crippen LogP contribution < -0.4 is 5.73 Å². The van der Waals surface area contributed by atoms with Crippen molar-refractivity contribution in [2.75, 3.05) is 0 Å². The molecule has 0 fully saturated rings. The van der Waals surface area contributed by atoms with Gasteiger partial charge in [-0.15, -0.1) is 12.4 Å². The van der Waals surface area contributed by atoms with E-state index >= 15 is 0 Å². The zero-order chi connectivity index (χ0) is 12.4. The summed E-state index contributed by atoms with van der Waals surface area (Å²) in [6, 6.07) is 11.7. The van der Waals surface area contributed by atoms with Gasteiger partial charge in [0.1, 0.15) is 5.75 Å². The summed E-state index contributed by atoms with van der Waals surface area (Å²) in [5, 5.41) is 11.6. The highest BCUT2D eigenvalue weighted by Crippen LogP contribution is 2.26. The Hall–Kier alpha value is -1.25. The second-order valence-corrected chi connectivity index (χ2v) is 4.70. The number of aromatic hydroxyl groups is 1. The molecule has 0 aromatic heterocycles. The first-order valence-corrected chi connectivity index (χ1v) is 6.10. The van der Waals surface area contributed by atoms with Crippen molar-refractivity contribution in [2.24, 2.45) is 11.7 Å². The third kappa shape index (κ3) is 2.95. The lowest BCUT2D eigenvalue weighted by molar-refractivity contribution is 0.457. The van der Waals surface area contributed by atoms with Gasteiger partial charge in [0.05, 0.1) is 0 Å². The van der Waals surface area contributed by atoms with Crippen LogP contribution in [-0.2, 0) is 0 Å². The number of phenolic OH excluding ortho intramolecular Hbond substituents is 1. The molecular weight excluding hydrogens is 246 g/mol. The SMILES string of the molecule is CCC(C)[C@@H](N)c1ccc2cc(O)ccc2c1.Cl. The molecule has 3 N–H and O–H groups in total. The van der Waals surface area contributed by atoms with E-state index in [1.165, 1.54) is 0 Å². The molecule has 3 heteroatoms. The van der Waals surface area contributed by atoms with Gasteiger partial charge < -0.3 is 10.8 Å². The minimum absolute atomic E-state index is 0. The van der Waals surface area contributed by atoms with Crippen LogP contribution in [0.1, 0.15) is 31.9 Å². The van der Waals surface area contributed by atoms with Gasteiger partial charge in [0.15, 0.2) is 0 Å². The lowest BCUT2D eigenvalue weighted by Crippen LogP contribution is -2.18. The molecule has 0 spiro atoms. The van der Waals surface area contributed by atoms with Crippen molar-refractivity contribution < 1.29 is 5.11 Å². The molecule has 2 atom stereocenters. The van der Waals surface area contributed by atoms with Crippen LogP contribution in [0, 0.1) is 5.92 Å². The number of fused-ring (bicyclic) bond motifs is 1. The van der Waals surface area contributed by atoms with Gasteiger partial charge in [-0.25, -0.2) is 0 Å². The molecule has 0 aliphatic carbocycles. The minimum atomic E-state index is 0. The molecule has 2 nitrogen and oxygen atoms in total. The van der Waals surface area contributed by atoms with Crippen molar-refractivity contribution >= 4 is 23.2 Å². The third-order valence-corrected chi connectivity index (χ3v) is 3.49. The van der Waals surface area contributed by atoms with E-state index in [1.807, 2.05) is 12.1 Å². The first-order chi connectivity index (χ1) is 8.11. The van der Waals surface area contributed by atoms with E-state index in [0.29, 0.717) is 11.7 Å². The Kier molecular flexibility index (Phi) is 5.00. The van der Waals surface area contributed by atoms with E-state index in [4.69, 9.17) is 5.73 Å². The molecule has 2 aromatic rings. The molecule has 0 aliphatic heterocycles. The largest absolute Gasteiger partial charge is 0.508 e. The topological polar surface area (TPSA) is 46.2 Å². The van der Waals surface area contributed by atoms with Crippen molar-refractivity contribution in [3.63, 3.8) is 0 Å². The highest BCUT2D eigenvalue weighted by atomic mass is 35.5. The second kappa shape index (κ2) is 6.07. The van der Waals surface area contributed by atoms with Crippen molar-refractivity contribution in [3.05, 3.63) is 42.0 Å². The smallest absolute Gasteiger partial charge is 0.116 e. The predicted octanol–water partition coefficient (Wildman–Crippen LogP) is 4.01. The van der Waals surface area contributed by atoms with Crippen LogP contribution in [0.25, 0.3) is 10.8 Å². The summed E-state index contributed by atoms with van der Waals surface area (Å²) in [5.41, 5.74) is 7.38. The van der Waals surface area contributed by atoms with Gasteiger partial charge in [0.2, 0.25) is 0 Å². The number of hydrogen-bond donors (Lipinski definition) is 2. The number of benzene rings is 2. The molecule has 0 saturated carbocycles. The number of halogens is 1. The Labute approximate surface area is 114 Å². The Bertz CT molecular complexity index is 527. The lowest BCUT2D eigenvalue weighted by Gasteiger charge is -2.19. The van der Waals surface area contributed by atoms with E-state index in [1.54, 1.807) is 12.1 Å². The minimum Gasteiger partial charge on any atom is -0.508 e. The Morgan fingerprint density at radius 3 is 2.39 bits per heavy atom. The fourth-order valence-corrected chi connectivity index (χ4v) is 2.04. The lowest BCUT2D eigenvalue weighted by atomic mass is 9.92. The maximum absolute atomic E-state index is 9.41. The van der Waals surface area contributed by atoms with Gasteiger partial charge in [-0.1, -0.05) is 38.5 Å². The van der Waals surface area contributed by atoms with Gasteiger partial charge in [0, 0.05) is 6.04 Å². The van der Waals surface area contributed by atoms with E-state index in [2.05, 4.69) is 26.0 Å². The van der Waals surface area contributed by atoms with Crippen LogP contribution in [0.15, 0.2) is 36.4 Å². The number of hydrogen-bond acceptors (Lipinski definition) is 2. The van der Waals surface area contributed by atoms with Gasteiger partial charge in [-0.05, 0) is 40.5 Å². The van der Waals surface area contributed by atoms with Crippen LogP contribution in [0.4, 0.5) is 0 Å². The van der Waals surface area contributed by atoms with Crippen molar-refractivity contribution in [1.29, 1.82) is 0 Å². The molecular formula is C15H20ClNO. The summed E-state index contributed by atoms with van der Waals surface area (Å²) in [4.78, 5) is 0. The normalized spacial score (nSPS) is 13.9. The summed E-state index contributed by atoms with van der Waals surface area (Å²) in [5.74, 6) is 0.779. The molecule has 0 radical (unpaired) electrons. The van der Waals surface area contributed by atoms with Crippen LogP contribution in [0.5, 0.6) is 5.75 Å². The van der Waals surface area contributed by atoms with Gasteiger partial charge in [-0.2, -0.15) is 0 Å². The van der Waals surface area contributed by atoms with E-state index in [-0.39, 0.29) is 18.4 Å². The molecule has 0 amide bonds. The maximum atomic E-state index is 9.41. The van der Waals surface area contributed by atoms with E-state index < -0.39 is 0 Å². The monoisotopic (exact) mass is 265 g/mol. The van der Waals surface area contributed by atoms with Crippen molar-refractivity contribution in [3.8, 4) is 5.75 Å². The summed E-state index contributed by atoms with van der Waals surface area (Å²) in [7, 11) is 0. The molecule has 2 rings (SSSR count). The average Bonchev–Trinajstić information content (AvgIpc) is 2.36. The molecule has 0 heterocycles. The second-order valence-electron chi connectivity index (χ2n) is 4.70. The summed E-state index contributed by atoms with van der Waals surface area (Å²) < 4.78 is 0.